The summed E-state index contributed by atoms with van der Waals surface area (Å²) in [4.78, 5) is 14.1. The first-order valence-electron chi connectivity index (χ1n) is 8.12. The lowest BCUT2D eigenvalue weighted by Gasteiger charge is -2.41. The van der Waals surface area contributed by atoms with Crippen molar-refractivity contribution in [1.29, 1.82) is 0 Å². The van der Waals surface area contributed by atoms with Crippen LogP contribution < -0.4 is 5.73 Å². The van der Waals surface area contributed by atoms with Gasteiger partial charge in [0.2, 0.25) is 0 Å². The highest BCUT2D eigenvalue weighted by Gasteiger charge is 2.32. The molecule has 2 N–H and O–H groups in total. The number of esters is 1. The van der Waals surface area contributed by atoms with Crippen molar-refractivity contribution in [2.24, 2.45) is 17.6 Å². The number of carbonyl (C=O) groups is 1. The molecular weight excluding hydrogens is 252 g/mol. The van der Waals surface area contributed by atoms with Gasteiger partial charge in [0.25, 0.3) is 0 Å². The molecule has 0 amide bonds. The van der Waals surface area contributed by atoms with E-state index in [0.717, 1.165) is 24.8 Å². The van der Waals surface area contributed by atoms with Crippen LogP contribution in [0.5, 0.6) is 0 Å². The van der Waals surface area contributed by atoms with Crippen LogP contribution in [0.25, 0.3) is 0 Å². The average molecular weight is 282 g/mol. The Morgan fingerprint density at radius 3 is 2.70 bits per heavy atom. The van der Waals surface area contributed by atoms with E-state index in [2.05, 4.69) is 4.90 Å². The van der Waals surface area contributed by atoms with Gasteiger partial charge in [0.1, 0.15) is 5.54 Å². The first-order chi connectivity index (χ1) is 9.53. The Kier molecular flexibility index (Phi) is 5.44. The molecule has 1 aliphatic heterocycles. The summed E-state index contributed by atoms with van der Waals surface area (Å²) in [6, 6.07) is 0. The smallest absolute Gasteiger partial charge is 0.325 e. The van der Waals surface area contributed by atoms with Crippen molar-refractivity contribution in [1.82, 2.24) is 4.90 Å². The molecule has 4 nitrogen and oxygen atoms in total. The molecule has 1 aliphatic carbocycles. The topological polar surface area (TPSA) is 55.6 Å². The number of rotatable bonds is 5. The highest BCUT2D eigenvalue weighted by Crippen LogP contribution is 2.36. The number of hydrogen-bond acceptors (Lipinski definition) is 4. The molecule has 0 radical (unpaired) electrons. The molecule has 1 heterocycles. The maximum atomic E-state index is 11.5. The van der Waals surface area contributed by atoms with Gasteiger partial charge in [0.05, 0.1) is 7.11 Å². The third-order valence-electron chi connectivity index (χ3n) is 5.20. The van der Waals surface area contributed by atoms with Gasteiger partial charge >= 0.3 is 5.97 Å². The van der Waals surface area contributed by atoms with Crippen LogP contribution in [0.2, 0.25) is 0 Å². The number of piperidine rings is 1. The predicted molar refractivity (Wildman–Crippen MR) is 80.3 cm³/mol. The fourth-order valence-electron chi connectivity index (χ4n) is 3.88. The SMILES string of the molecule is COC(=O)C(C)(N)CCCN1CCC2CCCCC2C1. The van der Waals surface area contributed by atoms with E-state index in [1.165, 1.54) is 52.3 Å². The zero-order valence-corrected chi connectivity index (χ0v) is 13.1. The summed E-state index contributed by atoms with van der Waals surface area (Å²) < 4.78 is 4.75. The van der Waals surface area contributed by atoms with Crippen LogP contribution >= 0.6 is 0 Å². The highest BCUT2D eigenvalue weighted by molar-refractivity contribution is 5.79. The summed E-state index contributed by atoms with van der Waals surface area (Å²) in [7, 11) is 1.40. The van der Waals surface area contributed by atoms with E-state index in [4.69, 9.17) is 10.5 Å². The number of carbonyl (C=O) groups excluding carboxylic acids is 1. The molecule has 0 aromatic heterocycles. The second-order valence-corrected chi connectivity index (χ2v) is 6.91. The van der Waals surface area contributed by atoms with Gasteiger partial charge in [0.15, 0.2) is 0 Å². The molecular formula is C16H30N2O2. The van der Waals surface area contributed by atoms with Crippen molar-refractivity contribution in [2.75, 3.05) is 26.7 Å². The number of likely N-dealkylation sites (tertiary alicyclic amines) is 1. The van der Waals surface area contributed by atoms with E-state index < -0.39 is 5.54 Å². The molecule has 0 spiro atoms. The van der Waals surface area contributed by atoms with E-state index in [1.54, 1.807) is 6.92 Å². The molecule has 0 aromatic rings. The van der Waals surface area contributed by atoms with Gasteiger partial charge in [-0.05, 0) is 57.5 Å². The highest BCUT2D eigenvalue weighted by atomic mass is 16.5. The van der Waals surface area contributed by atoms with Crippen molar-refractivity contribution in [3.05, 3.63) is 0 Å². The quantitative estimate of drug-likeness (QED) is 0.785. The summed E-state index contributed by atoms with van der Waals surface area (Å²) in [5, 5.41) is 0. The van der Waals surface area contributed by atoms with Crippen LogP contribution in [0.15, 0.2) is 0 Å². The van der Waals surface area contributed by atoms with Crippen molar-refractivity contribution in [3.63, 3.8) is 0 Å². The van der Waals surface area contributed by atoms with Gasteiger partial charge < -0.3 is 15.4 Å². The number of ether oxygens (including phenoxy) is 1. The number of hydrogen-bond donors (Lipinski definition) is 1. The first kappa shape index (κ1) is 15.8. The molecule has 2 fully saturated rings. The van der Waals surface area contributed by atoms with Crippen molar-refractivity contribution >= 4 is 5.97 Å². The van der Waals surface area contributed by atoms with E-state index in [9.17, 15) is 4.79 Å². The number of methoxy groups -OCH3 is 1. The Morgan fingerprint density at radius 1 is 1.30 bits per heavy atom. The lowest BCUT2D eigenvalue weighted by molar-refractivity contribution is -0.146. The van der Waals surface area contributed by atoms with Gasteiger partial charge in [-0.3, -0.25) is 4.79 Å². The Labute approximate surface area is 123 Å². The van der Waals surface area contributed by atoms with Crippen LogP contribution in [0, 0.1) is 11.8 Å². The molecule has 3 unspecified atom stereocenters. The number of fused-ring (bicyclic) bond motifs is 1. The fraction of sp³-hybridized carbons (Fsp3) is 0.938. The maximum Gasteiger partial charge on any atom is 0.325 e. The minimum Gasteiger partial charge on any atom is -0.468 e. The predicted octanol–water partition coefficient (Wildman–Crippen LogP) is 2.17. The molecule has 4 heteroatoms. The van der Waals surface area contributed by atoms with Crippen LogP contribution in [0.4, 0.5) is 0 Å². The van der Waals surface area contributed by atoms with Gasteiger partial charge in [-0.25, -0.2) is 0 Å². The average Bonchev–Trinajstić information content (AvgIpc) is 2.46. The van der Waals surface area contributed by atoms with E-state index in [1.807, 2.05) is 0 Å². The summed E-state index contributed by atoms with van der Waals surface area (Å²) in [6.07, 6.45) is 8.75. The molecule has 1 saturated heterocycles. The third-order valence-corrected chi connectivity index (χ3v) is 5.20. The van der Waals surface area contributed by atoms with Gasteiger partial charge in [-0.2, -0.15) is 0 Å². The minimum absolute atomic E-state index is 0.302. The van der Waals surface area contributed by atoms with Gasteiger partial charge in [-0.1, -0.05) is 19.3 Å². The van der Waals surface area contributed by atoms with E-state index >= 15 is 0 Å². The third kappa shape index (κ3) is 3.95. The Balaban J connectivity index is 1.71. The molecule has 1 saturated carbocycles. The van der Waals surface area contributed by atoms with Crippen LogP contribution in [-0.4, -0.2) is 43.2 Å². The van der Waals surface area contributed by atoms with Crippen LogP contribution in [0.3, 0.4) is 0 Å². The van der Waals surface area contributed by atoms with Crippen LogP contribution in [0.1, 0.15) is 51.9 Å². The van der Waals surface area contributed by atoms with Crippen LogP contribution in [-0.2, 0) is 9.53 Å². The van der Waals surface area contributed by atoms with Crippen molar-refractivity contribution < 1.29 is 9.53 Å². The molecule has 3 atom stereocenters. The summed E-state index contributed by atoms with van der Waals surface area (Å²) in [5.74, 6) is 1.60. The molecule has 20 heavy (non-hydrogen) atoms. The normalized spacial score (nSPS) is 30.4. The van der Waals surface area contributed by atoms with Crippen molar-refractivity contribution in [3.8, 4) is 0 Å². The second kappa shape index (κ2) is 6.90. The Morgan fingerprint density at radius 2 is 2.00 bits per heavy atom. The van der Waals surface area contributed by atoms with E-state index in [-0.39, 0.29) is 5.97 Å². The molecule has 2 aliphatic rings. The minimum atomic E-state index is -0.835. The maximum absolute atomic E-state index is 11.5. The Bertz CT molecular complexity index is 330. The standard InChI is InChI=1S/C16H30N2O2/c1-16(17,15(19)20-2)9-5-10-18-11-8-13-6-3-4-7-14(13)12-18/h13-14H,3-12,17H2,1-2H3. The monoisotopic (exact) mass is 282 g/mol. The molecule has 0 bridgehead atoms. The lowest BCUT2D eigenvalue weighted by Crippen LogP contribution is -2.47. The lowest BCUT2D eigenvalue weighted by atomic mass is 9.75. The fourth-order valence-corrected chi connectivity index (χ4v) is 3.88. The first-order valence-corrected chi connectivity index (χ1v) is 8.12. The van der Waals surface area contributed by atoms with Gasteiger partial charge in [-0.15, -0.1) is 0 Å². The summed E-state index contributed by atoms with van der Waals surface area (Å²) in [5.41, 5.74) is 5.16. The van der Waals surface area contributed by atoms with E-state index in [0.29, 0.717) is 6.42 Å². The summed E-state index contributed by atoms with van der Waals surface area (Å²) in [6.45, 7) is 5.31. The summed E-state index contributed by atoms with van der Waals surface area (Å²) >= 11 is 0. The van der Waals surface area contributed by atoms with Gasteiger partial charge in [0, 0.05) is 6.54 Å². The number of nitrogens with two attached hydrogens (primary N) is 1. The zero-order chi connectivity index (χ0) is 14.6. The van der Waals surface area contributed by atoms with Crippen molar-refractivity contribution in [2.45, 2.75) is 57.4 Å². The molecule has 0 aromatic carbocycles. The Hall–Kier alpha value is -0.610. The molecule has 2 rings (SSSR count). The largest absolute Gasteiger partial charge is 0.468 e. The molecule has 116 valence electrons. The second-order valence-electron chi connectivity index (χ2n) is 6.91. The number of nitrogens with zero attached hydrogens (tertiary/aromatic N) is 1. The zero-order valence-electron chi connectivity index (χ0n) is 13.1.